The predicted octanol–water partition coefficient (Wildman–Crippen LogP) is 3.56. The predicted molar refractivity (Wildman–Crippen MR) is 103 cm³/mol. The van der Waals surface area contributed by atoms with Gasteiger partial charge in [0.05, 0.1) is 6.61 Å². The number of anilines is 1. The summed E-state index contributed by atoms with van der Waals surface area (Å²) in [5, 5.41) is 3.02. The second-order valence-corrected chi connectivity index (χ2v) is 6.96. The number of ether oxygens (including phenoxy) is 1. The number of aromatic nitrogens is 2. The summed E-state index contributed by atoms with van der Waals surface area (Å²) in [7, 11) is 1.71. The van der Waals surface area contributed by atoms with E-state index < -0.39 is 0 Å². The number of hydrogen-bond acceptors (Lipinski definition) is 3. The maximum Gasteiger partial charge on any atom is 0.321 e. The first kappa shape index (κ1) is 18.5. The molecule has 0 aliphatic carbocycles. The van der Waals surface area contributed by atoms with E-state index in [4.69, 9.17) is 4.74 Å². The van der Waals surface area contributed by atoms with E-state index >= 15 is 0 Å². The van der Waals surface area contributed by atoms with Gasteiger partial charge >= 0.3 is 6.03 Å². The summed E-state index contributed by atoms with van der Waals surface area (Å²) in [6.45, 7) is 7.13. The number of rotatable bonds is 5. The third-order valence-electron chi connectivity index (χ3n) is 5.19. The van der Waals surface area contributed by atoms with Gasteiger partial charge in [0, 0.05) is 50.7 Å². The molecule has 1 aromatic heterocycles. The average Bonchev–Trinajstić information content (AvgIpc) is 3.11. The van der Waals surface area contributed by atoms with Crippen molar-refractivity contribution in [1.82, 2.24) is 14.5 Å². The second kappa shape index (κ2) is 8.36. The van der Waals surface area contributed by atoms with E-state index in [1.165, 1.54) is 11.1 Å². The minimum Gasteiger partial charge on any atom is -0.383 e. The van der Waals surface area contributed by atoms with Crippen LogP contribution in [0.15, 0.2) is 30.6 Å². The van der Waals surface area contributed by atoms with Crippen molar-refractivity contribution in [1.29, 1.82) is 0 Å². The van der Waals surface area contributed by atoms with Gasteiger partial charge in [0.25, 0.3) is 0 Å². The van der Waals surface area contributed by atoms with Crippen molar-refractivity contribution >= 4 is 11.7 Å². The minimum absolute atomic E-state index is 0.0190. The summed E-state index contributed by atoms with van der Waals surface area (Å²) in [5.74, 6) is 1.50. The van der Waals surface area contributed by atoms with Gasteiger partial charge < -0.3 is 19.5 Å². The zero-order valence-corrected chi connectivity index (χ0v) is 15.9. The number of methoxy groups -OCH3 is 1. The van der Waals surface area contributed by atoms with E-state index in [-0.39, 0.29) is 6.03 Å². The number of amides is 2. The molecule has 2 amide bonds. The quantitative estimate of drug-likeness (QED) is 0.891. The van der Waals surface area contributed by atoms with Crippen molar-refractivity contribution in [3.63, 3.8) is 0 Å². The van der Waals surface area contributed by atoms with Gasteiger partial charge in [-0.15, -0.1) is 0 Å². The number of hydrogen-bond donors (Lipinski definition) is 1. The highest BCUT2D eigenvalue weighted by molar-refractivity contribution is 5.89. The summed E-state index contributed by atoms with van der Waals surface area (Å²) in [6, 6.07) is 6.00. The van der Waals surface area contributed by atoms with E-state index in [1.54, 1.807) is 7.11 Å². The van der Waals surface area contributed by atoms with Crippen LogP contribution in [0.5, 0.6) is 0 Å². The van der Waals surface area contributed by atoms with Crippen molar-refractivity contribution < 1.29 is 9.53 Å². The lowest BCUT2D eigenvalue weighted by atomic mass is 9.96. The van der Waals surface area contributed by atoms with Crippen LogP contribution in [0, 0.1) is 13.8 Å². The number of piperidine rings is 1. The number of imidazole rings is 1. The Labute approximate surface area is 155 Å². The summed E-state index contributed by atoms with van der Waals surface area (Å²) in [4.78, 5) is 19.0. The Morgan fingerprint density at radius 1 is 1.27 bits per heavy atom. The van der Waals surface area contributed by atoms with Crippen LogP contribution in [-0.4, -0.2) is 47.3 Å². The zero-order chi connectivity index (χ0) is 18.5. The molecule has 140 valence electrons. The molecule has 1 saturated heterocycles. The van der Waals surface area contributed by atoms with Gasteiger partial charge in [0.2, 0.25) is 0 Å². The van der Waals surface area contributed by atoms with Gasteiger partial charge in [0.1, 0.15) is 5.82 Å². The zero-order valence-electron chi connectivity index (χ0n) is 15.9. The van der Waals surface area contributed by atoms with Crippen molar-refractivity contribution in [2.24, 2.45) is 0 Å². The molecular formula is C20H28N4O2. The van der Waals surface area contributed by atoms with Gasteiger partial charge in [-0.25, -0.2) is 9.78 Å². The first-order valence-electron chi connectivity index (χ1n) is 9.21. The Balaban J connectivity index is 1.55. The highest BCUT2D eigenvalue weighted by atomic mass is 16.5. The molecule has 1 aromatic carbocycles. The van der Waals surface area contributed by atoms with E-state index in [0.29, 0.717) is 12.5 Å². The molecule has 0 radical (unpaired) electrons. The maximum atomic E-state index is 12.5. The molecule has 1 fully saturated rings. The second-order valence-electron chi connectivity index (χ2n) is 6.96. The Morgan fingerprint density at radius 2 is 2.04 bits per heavy atom. The summed E-state index contributed by atoms with van der Waals surface area (Å²) in [5.41, 5.74) is 3.27. The standard InChI is InChI=1S/C20H28N4O2/c1-15-4-5-18(14-16(15)2)22-20(25)24-9-6-17(7-10-24)19-21-8-11-23(19)12-13-26-3/h4-5,8,11,14,17H,6-7,9-10,12-13H2,1-3H3,(H,22,25). The molecular weight excluding hydrogens is 328 g/mol. The molecule has 1 aliphatic heterocycles. The van der Waals surface area contributed by atoms with Crippen molar-refractivity contribution in [3.8, 4) is 0 Å². The van der Waals surface area contributed by atoms with Crippen LogP contribution < -0.4 is 5.32 Å². The lowest BCUT2D eigenvalue weighted by Crippen LogP contribution is -2.41. The van der Waals surface area contributed by atoms with Gasteiger partial charge in [-0.05, 0) is 49.9 Å². The fourth-order valence-electron chi connectivity index (χ4n) is 3.42. The lowest BCUT2D eigenvalue weighted by Gasteiger charge is -2.32. The molecule has 0 bridgehead atoms. The smallest absolute Gasteiger partial charge is 0.321 e. The average molecular weight is 356 g/mol. The summed E-state index contributed by atoms with van der Waals surface area (Å²) in [6.07, 6.45) is 5.73. The molecule has 2 aromatic rings. The summed E-state index contributed by atoms with van der Waals surface area (Å²) >= 11 is 0. The highest BCUT2D eigenvalue weighted by Crippen LogP contribution is 2.27. The molecule has 6 nitrogen and oxygen atoms in total. The number of likely N-dealkylation sites (tertiary alicyclic amines) is 1. The van der Waals surface area contributed by atoms with Crippen LogP contribution in [0.4, 0.5) is 10.5 Å². The maximum absolute atomic E-state index is 12.5. The molecule has 0 atom stereocenters. The van der Waals surface area contributed by atoms with E-state index in [9.17, 15) is 4.79 Å². The lowest BCUT2D eigenvalue weighted by molar-refractivity contribution is 0.181. The van der Waals surface area contributed by atoms with Crippen molar-refractivity contribution in [2.45, 2.75) is 39.2 Å². The van der Waals surface area contributed by atoms with E-state index in [0.717, 1.165) is 44.0 Å². The Morgan fingerprint density at radius 3 is 2.73 bits per heavy atom. The monoisotopic (exact) mass is 356 g/mol. The van der Waals surface area contributed by atoms with Crippen LogP contribution in [0.2, 0.25) is 0 Å². The first-order valence-corrected chi connectivity index (χ1v) is 9.21. The van der Waals surface area contributed by atoms with Crippen LogP contribution in [-0.2, 0) is 11.3 Å². The van der Waals surface area contributed by atoms with Crippen LogP contribution in [0.3, 0.4) is 0 Å². The number of urea groups is 1. The molecule has 6 heteroatoms. The normalized spacial score (nSPS) is 15.3. The SMILES string of the molecule is COCCn1ccnc1C1CCN(C(=O)Nc2ccc(C)c(C)c2)CC1. The van der Waals surface area contributed by atoms with Crippen LogP contribution >= 0.6 is 0 Å². The third kappa shape index (κ3) is 4.25. The van der Waals surface area contributed by atoms with Crippen LogP contribution in [0.25, 0.3) is 0 Å². The molecule has 0 saturated carbocycles. The molecule has 2 heterocycles. The first-order chi connectivity index (χ1) is 12.6. The van der Waals surface area contributed by atoms with Gasteiger partial charge in [0.15, 0.2) is 0 Å². The van der Waals surface area contributed by atoms with Crippen molar-refractivity contribution in [2.75, 3.05) is 32.1 Å². The van der Waals surface area contributed by atoms with Gasteiger partial charge in [-0.1, -0.05) is 6.07 Å². The topological polar surface area (TPSA) is 59.4 Å². The Bertz CT molecular complexity index is 748. The van der Waals surface area contributed by atoms with Gasteiger partial charge in [-0.2, -0.15) is 0 Å². The van der Waals surface area contributed by atoms with E-state index in [1.807, 2.05) is 35.5 Å². The fourth-order valence-corrected chi connectivity index (χ4v) is 3.42. The van der Waals surface area contributed by atoms with Crippen molar-refractivity contribution in [3.05, 3.63) is 47.5 Å². The molecule has 0 spiro atoms. The number of nitrogens with zero attached hydrogens (tertiary/aromatic N) is 3. The molecule has 26 heavy (non-hydrogen) atoms. The number of benzene rings is 1. The van der Waals surface area contributed by atoms with Crippen LogP contribution in [0.1, 0.15) is 35.7 Å². The van der Waals surface area contributed by atoms with Gasteiger partial charge in [-0.3, -0.25) is 0 Å². The third-order valence-corrected chi connectivity index (χ3v) is 5.19. The number of carbonyl (C=O) groups excluding carboxylic acids is 1. The number of aryl methyl sites for hydroxylation is 2. The highest BCUT2D eigenvalue weighted by Gasteiger charge is 2.26. The van der Waals surface area contributed by atoms with E-state index in [2.05, 4.69) is 28.7 Å². The Hall–Kier alpha value is -2.34. The molecule has 1 aliphatic rings. The summed E-state index contributed by atoms with van der Waals surface area (Å²) < 4.78 is 7.33. The number of carbonyl (C=O) groups is 1. The molecule has 1 N–H and O–H groups in total. The fraction of sp³-hybridized carbons (Fsp3) is 0.500. The molecule has 0 unspecified atom stereocenters. The molecule has 3 rings (SSSR count). The minimum atomic E-state index is -0.0190. The largest absolute Gasteiger partial charge is 0.383 e. The number of nitrogens with one attached hydrogen (secondary N) is 1. The Kier molecular flexibility index (Phi) is 5.93.